The molecule has 0 bridgehead atoms. The van der Waals surface area contributed by atoms with Crippen LogP contribution in [-0.4, -0.2) is 22.3 Å². The van der Waals surface area contributed by atoms with Gasteiger partial charge >= 0.3 is 6.61 Å². The third-order valence-electron chi connectivity index (χ3n) is 3.58. The number of hydrogen-bond acceptors (Lipinski definition) is 3. The Hall–Kier alpha value is -2.45. The third-order valence-corrected chi connectivity index (χ3v) is 4.53. The highest BCUT2D eigenvalue weighted by Crippen LogP contribution is 2.23. The minimum absolute atomic E-state index is 0.0215. The molecule has 0 spiro atoms. The zero-order valence-electron chi connectivity index (χ0n) is 13.7. The largest absolute Gasteiger partial charge is 0.435 e. The predicted molar refractivity (Wildman–Crippen MR) is 102 cm³/mol. The molecule has 0 atom stereocenters. The van der Waals surface area contributed by atoms with Crippen LogP contribution < -0.4 is 10.1 Å². The molecular weight excluding hydrogens is 444 g/mol. The Labute approximate surface area is 167 Å². The van der Waals surface area contributed by atoms with Gasteiger partial charge in [0, 0.05) is 16.8 Å². The van der Waals surface area contributed by atoms with E-state index in [0.29, 0.717) is 21.9 Å². The number of benzene rings is 2. The zero-order valence-corrected chi connectivity index (χ0v) is 16.0. The van der Waals surface area contributed by atoms with Crippen LogP contribution in [0.2, 0.25) is 5.02 Å². The normalized spacial score (nSPS) is 10.9. The molecule has 0 fully saturated rings. The molecule has 2 aromatic carbocycles. The molecule has 9 heteroatoms. The van der Waals surface area contributed by atoms with Gasteiger partial charge in [-0.2, -0.15) is 13.9 Å². The Morgan fingerprint density at radius 3 is 2.59 bits per heavy atom. The van der Waals surface area contributed by atoms with E-state index in [4.69, 9.17) is 11.6 Å². The number of nitrogens with one attached hydrogen (secondary N) is 1. The quantitative estimate of drug-likeness (QED) is 0.555. The second kappa shape index (κ2) is 8.49. The Balaban J connectivity index is 1.69. The van der Waals surface area contributed by atoms with Crippen LogP contribution in [0.1, 0.15) is 15.9 Å². The number of halogens is 4. The number of ether oxygens (including phenoxy) is 1. The average Bonchev–Trinajstić information content (AvgIpc) is 2.96. The Morgan fingerprint density at radius 2 is 1.93 bits per heavy atom. The lowest BCUT2D eigenvalue weighted by molar-refractivity contribution is -0.0498. The molecule has 3 rings (SSSR count). The fourth-order valence-electron chi connectivity index (χ4n) is 2.33. The molecule has 1 heterocycles. The molecule has 140 valence electrons. The SMILES string of the molecule is O=C(Nc1nn(Cc2ccccc2Cl)cc1Br)c1ccc(OC(F)F)cc1. The lowest BCUT2D eigenvalue weighted by Gasteiger charge is -2.06. The van der Waals surface area contributed by atoms with E-state index in [-0.39, 0.29) is 11.3 Å². The van der Waals surface area contributed by atoms with Gasteiger partial charge in [-0.3, -0.25) is 9.48 Å². The third kappa shape index (κ3) is 5.05. The molecule has 0 radical (unpaired) electrons. The number of carbonyl (C=O) groups is 1. The van der Waals surface area contributed by atoms with Gasteiger partial charge in [0.1, 0.15) is 5.75 Å². The van der Waals surface area contributed by atoms with Crippen LogP contribution >= 0.6 is 27.5 Å². The number of alkyl halides is 2. The Kier molecular flexibility index (Phi) is 6.08. The van der Waals surface area contributed by atoms with E-state index in [1.807, 2.05) is 18.2 Å². The van der Waals surface area contributed by atoms with Crippen LogP contribution in [-0.2, 0) is 6.54 Å². The first-order valence-electron chi connectivity index (χ1n) is 7.75. The fourth-order valence-corrected chi connectivity index (χ4v) is 2.94. The van der Waals surface area contributed by atoms with Crippen molar-refractivity contribution in [2.75, 3.05) is 5.32 Å². The molecule has 0 saturated carbocycles. The van der Waals surface area contributed by atoms with Crippen LogP contribution in [0.25, 0.3) is 0 Å². The van der Waals surface area contributed by atoms with Crippen molar-refractivity contribution in [3.8, 4) is 5.75 Å². The summed E-state index contributed by atoms with van der Waals surface area (Å²) in [6, 6.07) is 12.8. The van der Waals surface area contributed by atoms with E-state index in [1.165, 1.54) is 24.3 Å². The van der Waals surface area contributed by atoms with Crippen molar-refractivity contribution in [2.45, 2.75) is 13.2 Å². The Morgan fingerprint density at radius 1 is 1.22 bits per heavy atom. The molecular formula is C18H13BrClF2N3O2. The average molecular weight is 457 g/mol. The van der Waals surface area contributed by atoms with E-state index < -0.39 is 12.5 Å². The fraction of sp³-hybridized carbons (Fsp3) is 0.111. The number of rotatable bonds is 6. The van der Waals surface area contributed by atoms with Gasteiger partial charge in [-0.05, 0) is 51.8 Å². The van der Waals surface area contributed by atoms with Crippen molar-refractivity contribution >= 4 is 39.3 Å². The van der Waals surface area contributed by atoms with Crippen LogP contribution in [0.5, 0.6) is 5.75 Å². The summed E-state index contributed by atoms with van der Waals surface area (Å²) in [5.41, 5.74) is 1.17. The maximum Gasteiger partial charge on any atom is 0.387 e. The monoisotopic (exact) mass is 455 g/mol. The maximum absolute atomic E-state index is 12.3. The van der Waals surface area contributed by atoms with Crippen molar-refractivity contribution in [1.29, 1.82) is 0 Å². The van der Waals surface area contributed by atoms with Crippen molar-refractivity contribution < 1.29 is 18.3 Å². The molecule has 0 aliphatic heterocycles. The zero-order chi connectivity index (χ0) is 19.4. The number of hydrogen-bond donors (Lipinski definition) is 1. The highest BCUT2D eigenvalue weighted by molar-refractivity contribution is 9.10. The summed E-state index contributed by atoms with van der Waals surface area (Å²) < 4.78 is 30.8. The van der Waals surface area contributed by atoms with Crippen LogP contribution in [0.15, 0.2) is 59.2 Å². The summed E-state index contributed by atoms with van der Waals surface area (Å²) in [4.78, 5) is 12.3. The second-order valence-electron chi connectivity index (χ2n) is 5.47. The lowest BCUT2D eigenvalue weighted by atomic mass is 10.2. The molecule has 5 nitrogen and oxygen atoms in total. The van der Waals surface area contributed by atoms with E-state index in [0.717, 1.165) is 5.56 Å². The smallest absolute Gasteiger partial charge is 0.387 e. The van der Waals surface area contributed by atoms with E-state index >= 15 is 0 Å². The van der Waals surface area contributed by atoms with Crippen LogP contribution in [0.4, 0.5) is 14.6 Å². The highest BCUT2D eigenvalue weighted by atomic mass is 79.9. The van der Waals surface area contributed by atoms with Gasteiger partial charge in [0.05, 0.1) is 11.0 Å². The molecule has 27 heavy (non-hydrogen) atoms. The van der Waals surface area contributed by atoms with Gasteiger partial charge in [0.2, 0.25) is 0 Å². The molecule has 0 aliphatic carbocycles. The summed E-state index contributed by atoms with van der Waals surface area (Å²) in [7, 11) is 0. The highest BCUT2D eigenvalue weighted by Gasteiger charge is 2.13. The maximum atomic E-state index is 12.3. The van der Waals surface area contributed by atoms with Gasteiger partial charge in [0.15, 0.2) is 5.82 Å². The molecule has 3 aromatic rings. The summed E-state index contributed by atoms with van der Waals surface area (Å²) in [6.45, 7) is -2.48. The van der Waals surface area contributed by atoms with Gasteiger partial charge in [0.25, 0.3) is 5.91 Å². The molecule has 0 saturated heterocycles. The number of aromatic nitrogens is 2. The van der Waals surface area contributed by atoms with Crippen LogP contribution in [0, 0.1) is 0 Å². The number of amides is 1. The first kappa shape index (κ1) is 19.3. The first-order chi connectivity index (χ1) is 12.9. The Bertz CT molecular complexity index is 948. The van der Waals surface area contributed by atoms with E-state index in [9.17, 15) is 13.6 Å². The second-order valence-corrected chi connectivity index (χ2v) is 6.73. The molecule has 1 amide bonds. The molecule has 0 aliphatic rings. The summed E-state index contributed by atoms with van der Waals surface area (Å²) >= 11 is 9.50. The number of nitrogens with zero attached hydrogens (tertiary/aromatic N) is 2. The minimum atomic E-state index is -2.91. The van der Waals surface area contributed by atoms with Crippen molar-refractivity contribution in [1.82, 2.24) is 9.78 Å². The van der Waals surface area contributed by atoms with Gasteiger partial charge in [-0.1, -0.05) is 29.8 Å². The molecule has 0 unspecified atom stereocenters. The summed E-state index contributed by atoms with van der Waals surface area (Å²) in [5, 5.41) is 7.62. The minimum Gasteiger partial charge on any atom is -0.435 e. The van der Waals surface area contributed by atoms with Crippen molar-refractivity contribution in [2.24, 2.45) is 0 Å². The summed E-state index contributed by atoms with van der Waals surface area (Å²) in [5.74, 6) is -0.117. The number of carbonyl (C=O) groups excluding carboxylic acids is 1. The first-order valence-corrected chi connectivity index (χ1v) is 8.92. The van der Waals surface area contributed by atoms with E-state index in [1.54, 1.807) is 16.9 Å². The van der Waals surface area contributed by atoms with Gasteiger partial charge < -0.3 is 10.1 Å². The van der Waals surface area contributed by atoms with Crippen LogP contribution in [0.3, 0.4) is 0 Å². The van der Waals surface area contributed by atoms with Crippen molar-refractivity contribution in [3.63, 3.8) is 0 Å². The molecule has 1 aromatic heterocycles. The van der Waals surface area contributed by atoms with Crippen molar-refractivity contribution in [3.05, 3.63) is 75.4 Å². The lowest BCUT2D eigenvalue weighted by Crippen LogP contribution is -2.13. The molecule has 1 N–H and O–H groups in total. The standard InChI is InChI=1S/C18H13BrClF2N3O2/c19-14-10-25(9-12-3-1-2-4-15(12)20)24-16(14)23-17(26)11-5-7-13(8-6-11)27-18(21)22/h1-8,10,18H,9H2,(H,23,24,26). The summed E-state index contributed by atoms with van der Waals surface area (Å²) in [6.07, 6.45) is 1.72. The number of anilines is 1. The van der Waals surface area contributed by atoms with E-state index in [2.05, 4.69) is 31.1 Å². The predicted octanol–water partition coefficient (Wildman–Crippen LogP) is 5.20. The van der Waals surface area contributed by atoms with Gasteiger partial charge in [-0.25, -0.2) is 0 Å². The topological polar surface area (TPSA) is 56.2 Å². The van der Waals surface area contributed by atoms with Gasteiger partial charge in [-0.15, -0.1) is 0 Å².